The van der Waals surface area contributed by atoms with E-state index in [2.05, 4.69) is 18.2 Å². The summed E-state index contributed by atoms with van der Waals surface area (Å²) in [6.07, 6.45) is 8.67. The van der Waals surface area contributed by atoms with Crippen molar-refractivity contribution >= 4 is 17.4 Å². The maximum Gasteiger partial charge on any atom is 0.249 e. The van der Waals surface area contributed by atoms with Gasteiger partial charge in [0.15, 0.2) is 0 Å². The molecule has 1 aromatic carbocycles. The molecule has 0 saturated carbocycles. The van der Waals surface area contributed by atoms with Crippen molar-refractivity contribution in [2.24, 2.45) is 5.73 Å². The number of hydrogen-bond donors (Lipinski definition) is 1. The third-order valence-electron chi connectivity index (χ3n) is 5.72. The summed E-state index contributed by atoms with van der Waals surface area (Å²) >= 11 is 0. The van der Waals surface area contributed by atoms with E-state index in [9.17, 15) is 9.59 Å². The molecule has 1 aromatic rings. The number of carbonyl (C=O) groups is 2. The molecular formula is C22H31N3O2. The number of carbonyl (C=O) groups excluding carboxylic acids is 2. The van der Waals surface area contributed by atoms with Crippen molar-refractivity contribution in [1.29, 1.82) is 0 Å². The zero-order valence-electron chi connectivity index (χ0n) is 16.5. The average molecular weight is 370 g/mol. The summed E-state index contributed by atoms with van der Waals surface area (Å²) in [6.45, 7) is 2.07. The van der Waals surface area contributed by atoms with Crippen LogP contribution in [0.1, 0.15) is 65.9 Å². The Morgan fingerprint density at radius 1 is 1.19 bits per heavy atom. The van der Waals surface area contributed by atoms with Crippen LogP contribution in [0.25, 0.3) is 5.57 Å². The van der Waals surface area contributed by atoms with Gasteiger partial charge in [-0.05, 0) is 81.3 Å². The monoisotopic (exact) mass is 369 g/mol. The molecule has 0 unspecified atom stereocenters. The number of nitrogens with zero attached hydrogens (tertiary/aromatic N) is 2. The molecule has 5 nitrogen and oxygen atoms in total. The van der Waals surface area contributed by atoms with Gasteiger partial charge in [0.1, 0.15) is 0 Å². The molecule has 5 heteroatoms. The fraction of sp³-hybridized carbons (Fsp3) is 0.545. The zero-order valence-corrected chi connectivity index (χ0v) is 16.5. The van der Waals surface area contributed by atoms with Crippen LogP contribution in [-0.2, 0) is 4.79 Å². The van der Waals surface area contributed by atoms with Gasteiger partial charge in [-0.15, -0.1) is 0 Å². The second-order valence-electron chi connectivity index (χ2n) is 8.04. The minimum Gasteiger partial charge on any atom is -0.366 e. The second-order valence-corrected chi connectivity index (χ2v) is 8.04. The van der Waals surface area contributed by atoms with Crippen LogP contribution < -0.4 is 5.73 Å². The molecule has 1 aliphatic heterocycles. The van der Waals surface area contributed by atoms with Crippen LogP contribution >= 0.6 is 0 Å². The van der Waals surface area contributed by atoms with Gasteiger partial charge in [-0.1, -0.05) is 18.2 Å². The lowest BCUT2D eigenvalue weighted by molar-refractivity contribution is -0.132. The fourth-order valence-corrected chi connectivity index (χ4v) is 4.21. The lowest BCUT2D eigenvalue weighted by Crippen LogP contribution is -2.42. The van der Waals surface area contributed by atoms with Gasteiger partial charge in [-0.2, -0.15) is 0 Å². The molecule has 0 radical (unpaired) electrons. The molecule has 146 valence electrons. The Morgan fingerprint density at radius 2 is 1.93 bits per heavy atom. The van der Waals surface area contributed by atoms with Gasteiger partial charge in [-0.3, -0.25) is 9.59 Å². The van der Waals surface area contributed by atoms with Crippen LogP contribution in [-0.4, -0.2) is 55.3 Å². The van der Waals surface area contributed by atoms with Gasteiger partial charge >= 0.3 is 0 Å². The molecule has 1 fully saturated rings. The third-order valence-corrected chi connectivity index (χ3v) is 5.72. The maximum absolute atomic E-state index is 12.3. The lowest BCUT2D eigenvalue weighted by Gasteiger charge is -2.33. The summed E-state index contributed by atoms with van der Waals surface area (Å²) in [7, 11) is 3.85. The van der Waals surface area contributed by atoms with Gasteiger partial charge < -0.3 is 15.5 Å². The average Bonchev–Trinajstić information content (AvgIpc) is 2.67. The van der Waals surface area contributed by atoms with Gasteiger partial charge in [-0.25, -0.2) is 0 Å². The van der Waals surface area contributed by atoms with Crippen LogP contribution in [0, 0.1) is 0 Å². The van der Waals surface area contributed by atoms with Crippen molar-refractivity contribution in [3.63, 3.8) is 0 Å². The van der Waals surface area contributed by atoms with E-state index in [0.29, 0.717) is 18.0 Å². The highest BCUT2D eigenvalue weighted by Gasteiger charge is 2.25. The van der Waals surface area contributed by atoms with E-state index in [-0.39, 0.29) is 11.8 Å². The number of piperidine rings is 1. The first-order chi connectivity index (χ1) is 13.0. The molecule has 2 amide bonds. The van der Waals surface area contributed by atoms with E-state index in [1.807, 2.05) is 30.0 Å². The molecule has 2 N–H and O–H groups in total. The number of rotatable bonds is 5. The van der Waals surface area contributed by atoms with Gasteiger partial charge in [0.2, 0.25) is 11.8 Å². The number of likely N-dealkylation sites (N-methyl/N-ethyl adjacent to an activating group) is 1. The van der Waals surface area contributed by atoms with Crippen molar-refractivity contribution in [3.05, 3.63) is 41.0 Å². The zero-order chi connectivity index (χ0) is 19.4. The quantitative estimate of drug-likeness (QED) is 0.868. The smallest absolute Gasteiger partial charge is 0.249 e. The highest BCUT2D eigenvalue weighted by Crippen LogP contribution is 2.34. The second kappa shape index (κ2) is 8.70. The molecule has 1 aliphatic carbocycles. The van der Waals surface area contributed by atoms with Gasteiger partial charge in [0.05, 0.1) is 6.54 Å². The fourth-order valence-electron chi connectivity index (χ4n) is 4.21. The number of hydrogen-bond acceptors (Lipinski definition) is 3. The standard InChI is InChI=1S/C22H31N3O2/c1-24(2)15-21(26)25-12-10-16(11-13-25)18-8-9-19(22(23)27)20(14-18)17-6-4-3-5-7-17/h6,8-9,14,16H,3-5,7,10-13,15H2,1-2H3,(H2,23,27). The highest BCUT2D eigenvalue weighted by molar-refractivity contribution is 5.98. The van der Waals surface area contributed by atoms with Crippen LogP contribution in [0.5, 0.6) is 0 Å². The Morgan fingerprint density at radius 3 is 2.52 bits per heavy atom. The first-order valence-electron chi connectivity index (χ1n) is 10.0. The summed E-state index contributed by atoms with van der Waals surface area (Å²) in [4.78, 5) is 28.1. The van der Waals surface area contributed by atoms with Crippen LogP contribution in [0.3, 0.4) is 0 Å². The maximum atomic E-state index is 12.3. The minimum atomic E-state index is -0.355. The number of likely N-dealkylation sites (tertiary alicyclic amines) is 1. The van der Waals surface area contributed by atoms with Crippen LogP contribution in [0.15, 0.2) is 24.3 Å². The van der Waals surface area contributed by atoms with Gasteiger partial charge in [0.25, 0.3) is 0 Å². The molecule has 0 spiro atoms. The Bertz CT molecular complexity index is 731. The van der Waals surface area contributed by atoms with E-state index in [0.717, 1.165) is 44.3 Å². The van der Waals surface area contributed by atoms with Crippen molar-refractivity contribution in [2.45, 2.75) is 44.4 Å². The summed E-state index contributed by atoms with van der Waals surface area (Å²) in [5.74, 6) is 0.279. The molecule has 3 rings (SSSR count). The highest BCUT2D eigenvalue weighted by atomic mass is 16.2. The normalized spacial score (nSPS) is 18.5. The summed E-state index contributed by atoms with van der Waals surface area (Å²) in [5.41, 5.74) is 9.80. The van der Waals surface area contributed by atoms with Crippen molar-refractivity contribution in [3.8, 4) is 0 Å². The molecule has 1 saturated heterocycles. The third kappa shape index (κ3) is 4.78. The van der Waals surface area contributed by atoms with Crippen LogP contribution in [0.2, 0.25) is 0 Å². The Balaban J connectivity index is 1.75. The molecule has 0 aromatic heterocycles. The largest absolute Gasteiger partial charge is 0.366 e. The van der Waals surface area contributed by atoms with Gasteiger partial charge in [0, 0.05) is 18.7 Å². The SMILES string of the molecule is CN(C)CC(=O)N1CCC(c2ccc(C(N)=O)c(C3=CCCCC3)c2)CC1. The number of allylic oxidation sites excluding steroid dienone is 2. The topological polar surface area (TPSA) is 66.6 Å². The molecular weight excluding hydrogens is 338 g/mol. The summed E-state index contributed by atoms with van der Waals surface area (Å²) < 4.78 is 0. The molecule has 2 aliphatic rings. The van der Waals surface area contributed by atoms with E-state index in [1.54, 1.807) is 0 Å². The number of benzene rings is 1. The molecule has 0 bridgehead atoms. The minimum absolute atomic E-state index is 0.204. The number of amides is 2. The molecule has 1 heterocycles. The first kappa shape index (κ1) is 19.6. The number of nitrogens with two attached hydrogens (primary N) is 1. The Labute approximate surface area is 162 Å². The summed E-state index contributed by atoms with van der Waals surface area (Å²) in [5, 5.41) is 0. The van der Waals surface area contributed by atoms with Crippen molar-refractivity contribution in [2.75, 3.05) is 33.7 Å². The van der Waals surface area contributed by atoms with Crippen molar-refractivity contribution < 1.29 is 9.59 Å². The Hall–Kier alpha value is -2.14. The lowest BCUT2D eigenvalue weighted by atomic mass is 9.84. The van der Waals surface area contributed by atoms with E-state index >= 15 is 0 Å². The van der Waals surface area contributed by atoms with E-state index in [1.165, 1.54) is 24.0 Å². The number of primary amides is 1. The van der Waals surface area contributed by atoms with Crippen LogP contribution in [0.4, 0.5) is 0 Å². The first-order valence-corrected chi connectivity index (χ1v) is 10.0. The van der Waals surface area contributed by atoms with Crippen molar-refractivity contribution in [1.82, 2.24) is 9.80 Å². The van der Waals surface area contributed by atoms with E-state index < -0.39 is 0 Å². The molecule has 0 atom stereocenters. The predicted octanol–water partition coefficient (Wildman–Crippen LogP) is 3.01. The molecule has 27 heavy (non-hydrogen) atoms. The Kier molecular flexibility index (Phi) is 6.32. The summed E-state index contributed by atoms with van der Waals surface area (Å²) in [6, 6.07) is 6.13. The van der Waals surface area contributed by atoms with E-state index in [4.69, 9.17) is 5.73 Å². The predicted molar refractivity (Wildman–Crippen MR) is 109 cm³/mol.